The van der Waals surface area contributed by atoms with Crippen molar-refractivity contribution in [3.8, 4) is 11.1 Å². The van der Waals surface area contributed by atoms with Crippen LogP contribution in [0.2, 0.25) is 0 Å². The highest BCUT2D eigenvalue weighted by Crippen LogP contribution is 2.31. The average molecular weight is 321 g/mol. The van der Waals surface area contributed by atoms with Crippen LogP contribution in [0.1, 0.15) is 37.8 Å². The molecule has 0 radical (unpaired) electrons. The van der Waals surface area contributed by atoms with Crippen molar-refractivity contribution in [3.05, 3.63) is 54.4 Å². The minimum atomic E-state index is 0.226. The van der Waals surface area contributed by atoms with Crippen molar-refractivity contribution < 1.29 is 4.79 Å². The Kier molecular flexibility index (Phi) is 4.07. The minimum Gasteiger partial charge on any atom is -0.338 e. The van der Waals surface area contributed by atoms with Crippen LogP contribution in [0.5, 0.6) is 0 Å². The first kappa shape index (κ1) is 15.3. The molecule has 124 valence electrons. The SMILES string of the molecule is CC(NC1CC(=O)N(C2CC2)C1)c1cccc(-c2ccncc2)c1. The summed E-state index contributed by atoms with van der Waals surface area (Å²) in [5.41, 5.74) is 3.63. The summed E-state index contributed by atoms with van der Waals surface area (Å²) in [7, 11) is 0. The third kappa shape index (κ3) is 3.20. The molecule has 1 aromatic heterocycles. The number of pyridine rings is 1. The first-order chi connectivity index (χ1) is 11.7. The number of hydrogen-bond donors (Lipinski definition) is 1. The summed E-state index contributed by atoms with van der Waals surface area (Å²) in [5.74, 6) is 0.313. The summed E-state index contributed by atoms with van der Waals surface area (Å²) in [6, 6.07) is 13.7. The molecule has 2 atom stereocenters. The van der Waals surface area contributed by atoms with Crippen LogP contribution in [0.25, 0.3) is 11.1 Å². The number of rotatable bonds is 5. The lowest BCUT2D eigenvalue weighted by atomic mass is 10.0. The van der Waals surface area contributed by atoms with Gasteiger partial charge >= 0.3 is 0 Å². The first-order valence-corrected chi connectivity index (χ1v) is 8.76. The normalized spacial score (nSPS) is 22.0. The maximum atomic E-state index is 12.1. The Morgan fingerprint density at radius 3 is 2.71 bits per heavy atom. The zero-order valence-electron chi connectivity index (χ0n) is 14.0. The highest BCUT2D eigenvalue weighted by atomic mass is 16.2. The Morgan fingerprint density at radius 2 is 1.96 bits per heavy atom. The lowest BCUT2D eigenvalue weighted by Crippen LogP contribution is -2.35. The van der Waals surface area contributed by atoms with Gasteiger partial charge in [0, 0.05) is 43.5 Å². The number of nitrogens with one attached hydrogen (secondary N) is 1. The molecule has 1 aliphatic heterocycles. The molecule has 4 nitrogen and oxygen atoms in total. The molecule has 2 heterocycles. The van der Waals surface area contributed by atoms with Crippen LogP contribution in [0.3, 0.4) is 0 Å². The second-order valence-corrected chi connectivity index (χ2v) is 6.93. The molecule has 1 amide bonds. The Morgan fingerprint density at radius 1 is 1.17 bits per heavy atom. The summed E-state index contributed by atoms with van der Waals surface area (Å²) >= 11 is 0. The molecule has 2 aromatic rings. The third-order valence-corrected chi connectivity index (χ3v) is 5.03. The van der Waals surface area contributed by atoms with Gasteiger partial charge in [0.05, 0.1) is 0 Å². The zero-order chi connectivity index (χ0) is 16.5. The molecular formula is C20H23N3O. The molecule has 2 aliphatic rings. The fourth-order valence-corrected chi connectivity index (χ4v) is 3.56. The molecule has 1 saturated carbocycles. The summed E-state index contributed by atoms with van der Waals surface area (Å²) in [6.07, 6.45) is 6.63. The van der Waals surface area contributed by atoms with Gasteiger partial charge in [0.15, 0.2) is 0 Å². The standard InChI is InChI=1S/C20H23N3O/c1-14(22-18-12-20(24)23(13-18)19-5-6-19)16-3-2-4-17(11-16)15-7-9-21-10-8-15/h2-4,7-11,14,18-19,22H,5-6,12-13H2,1H3. The van der Waals surface area contributed by atoms with E-state index in [1.165, 1.54) is 29.5 Å². The number of benzene rings is 1. The van der Waals surface area contributed by atoms with Gasteiger partial charge in [-0.05, 0) is 54.7 Å². The van der Waals surface area contributed by atoms with Gasteiger partial charge in [-0.15, -0.1) is 0 Å². The second kappa shape index (κ2) is 6.36. The van der Waals surface area contributed by atoms with Gasteiger partial charge < -0.3 is 10.2 Å². The maximum Gasteiger partial charge on any atom is 0.224 e. The average Bonchev–Trinajstić information content (AvgIpc) is 3.39. The van der Waals surface area contributed by atoms with E-state index in [0.717, 1.165) is 6.54 Å². The van der Waals surface area contributed by atoms with Gasteiger partial charge in [0.2, 0.25) is 5.91 Å². The molecule has 2 fully saturated rings. The van der Waals surface area contributed by atoms with Gasteiger partial charge in [-0.25, -0.2) is 0 Å². The Hall–Kier alpha value is -2.20. The second-order valence-electron chi connectivity index (χ2n) is 6.93. The molecule has 1 aromatic carbocycles. The highest BCUT2D eigenvalue weighted by Gasteiger charge is 2.39. The van der Waals surface area contributed by atoms with Crippen molar-refractivity contribution in [3.63, 3.8) is 0 Å². The van der Waals surface area contributed by atoms with E-state index in [2.05, 4.69) is 46.4 Å². The van der Waals surface area contributed by atoms with E-state index < -0.39 is 0 Å². The summed E-state index contributed by atoms with van der Waals surface area (Å²) in [4.78, 5) is 18.3. The number of carbonyl (C=O) groups is 1. The van der Waals surface area contributed by atoms with Crippen LogP contribution in [0.4, 0.5) is 0 Å². The number of carbonyl (C=O) groups excluding carboxylic acids is 1. The van der Waals surface area contributed by atoms with Gasteiger partial charge in [-0.2, -0.15) is 0 Å². The van der Waals surface area contributed by atoms with Crippen LogP contribution in [0.15, 0.2) is 48.8 Å². The lowest BCUT2D eigenvalue weighted by molar-refractivity contribution is -0.128. The molecule has 1 aliphatic carbocycles. The zero-order valence-corrected chi connectivity index (χ0v) is 14.0. The molecule has 0 bridgehead atoms. The van der Waals surface area contributed by atoms with Gasteiger partial charge in [0.25, 0.3) is 0 Å². The lowest BCUT2D eigenvalue weighted by Gasteiger charge is -2.21. The van der Waals surface area contributed by atoms with Gasteiger partial charge in [-0.1, -0.05) is 18.2 Å². The fourth-order valence-electron chi connectivity index (χ4n) is 3.56. The fraction of sp³-hybridized carbons (Fsp3) is 0.400. The van der Waals surface area contributed by atoms with Crippen molar-refractivity contribution >= 4 is 5.91 Å². The van der Waals surface area contributed by atoms with E-state index in [1.807, 2.05) is 24.5 Å². The van der Waals surface area contributed by atoms with Crippen LogP contribution in [-0.2, 0) is 4.79 Å². The molecule has 2 unspecified atom stereocenters. The van der Waals surface area contributed by atoms with Crippen LogP contribution in [-0.4, -0.2) is 34.4 Å². The Balaban J connectivity index is 1.45. The van der Waals surface area contributed by atoms with E-state index >= 15 is 0 Å². The van der Waals surface area contributed by atoms with E-state index in [1.54, 1.807) is 0 Å². The van der Waals surface area contributed by atoms with Gasteiger partial charge in [-0.3, -0.25) is 9.78 Å². The van der Waals surface area contributed by atoms with Crippen LogP contribution >= 0.6 is 0 Å². The van der Waals surface area contributed by atoms with Crippen molar-refractivity contribution in [1.82, 2.24) is 15.2 Å². The first-order valence-electron chi connectivity index (χ1n) is 8.76. The highest BCUT2D eigenvalue weighted by molar-refractivity contribution is 5.80. The summed E-state index contributed by atoms with van der Waals surface area (Å²) in [6.45, 7) is 3.04. The van der Waals surface area contributed by atoms with Crippen LogP contribution in [0, 0.1) is 0 Å². The van der Waals surface area contributed by atoms with Crippen molar-refractivity contribution in [2.24, 2.45) is 0 Å². The molecule has 1 saturated heterocycles. The van der Waals surface area contributed by atoms with E-state index in [-0.39, 0.29) is 12.1 Å². The topological polar surface area (TPSA) is 45.2 Å². The molecule has 4 rings (SSSR count). The predicted octanol–water partition coefficient (Wildman–Crippen LogP) is 3.16. The molecule has 4 heteroatoms. The molecule has 24 heavy (non-hydrogen) atoms. The predicted molar refractivity (Wildman–Crippen MR) is 94.4 cm³/mol. The van der Waals surface area contributed by atoms with Crippen LogP contribution < -0.4 is 5.32 Å². The molecule has 1 N–H and O–H groups in total. The Bertz CT molecular complexity index is 727. The van der Waals surface area contributed by atoms with Crippen molar-refractivity contribution in [2.75, 3.05) is 6.54 Å². The van der Waals surface area contributed by atoms with Gasteiger partial charge in [0.1, 0.15) is 0 Å². The number of hydrogen-bond acceptors (Lipinski definition) is 3. The third-order valence-electron chi connectivity index (χ3n) is 5.03. The monoisotopic (exact) mass is 321 g/mol. The minimum absolute atomic E-state index is 0.226. The van der Waals surface area contributed by atoms with E-state index in [9.17, 15) is 4.79 Å². The molecular weight excluding hydrogens is 298 g/mol. The number of amides is 1. The largest absolute Gasteiger partial charge is 0.338 e. The quantitative estimate of drug-likeness (QED) is 0.920. The van der Waals surface area contributed by atoms with E-state index in [4.69, 9.17) is 0 Å². The summed E-state index contributed by atoms with van der Waals surface area (Å²) < 4.78 is 0. The smallest absolute Gasteiger partial charge is 0.224 e. The summed E-state index contributed by atoms with van der Waals surface area (Å²) in [5, 5.41) is 3.64. The van der Waals surface area contributed by atoms with Crippen molar-refractivity contribution in [1.29, 1.82) is 0 Å². The number of aromatic nitrogens is 1. The Labute approximate surface area is 142 Å². The van der Waals surface area contributed by atoms with Crippen molar-refractivity contribution in [2.45, 2.75) is 44.3 Å². The number of likely N-dealkylation sites (tertiary alicyclic amines) is 1. The maximum absolute atomic E-state index is 12.1. The molecule has 0 spiro atoms. The van der Waals surface area contributed by atoms with E-state index in [0.29, 0.717) is 18.4 Å². The number of nitrogens with zero attached hydrogens (tertiary/aromatic N) is 2.